The molecule has 9 aromatic rings. The molecule has 1 unspecified atom stereocenters. The zero-order chi connectivity index (χ0) is 45.6. The fourth-order valence-corrected chi connectivity index (χ4v) is 11.8. The molecule has 0 spiro atoms. The Morgan fingerprint density at radius 3 is 1.96 bits per heavy atom. The lowest BCUT2D eigenvalue weighted by Gasteiger charge is -2.30. The molecule has 12 rings (SSSR count). The third-order valence-corrected chi connectivity index (χ3v) is 15.2. The number of hydrogen-bond donors (Lipinski definition) is 0. The summed E-state index contributed by atoms with van der Waals surface area (Å²) in [6, 6.07) is 63.0. The number of para-hydroxylation sites is 1. The van der Waals surface area contributed by atoms with Gasteiger partial charge in [-0.05, 0) is 152 Å². The minimum Gasteiger partial charge on any atom is -0.310 e. The second kappa shape index (κ2) is 17.4. The van der Waals surface area contributed by atoms with Gasteiger partial charge in [-0.25, -0.2) is 0 Å². The Balaban J connectivity index is 0.926. The highest BCUT2D eigenvalue weighted by Gasteiger charge is 2.41. The van der Waals surface area contributed by atoms with Gasteiger partial charge >= 0.3 is 0 Å². The predicted molar refractivity (Wildman–Crippen MR) is 288 cm³/mol. The molecule has 0 saturated heterocycles. The lowest BCUT2D eigenvalue weighted by atomic mass is 9.73. The van der Waals surface area contributed by atoms with E-state index in [1.54, 1.807) is 0 Å². The van der Waals surface area contributed by atoms with Crippen LogP contribution in [0.4, 0.5) is 0 Å². The van der Waals surface area contributed by atoms with Gasteiger partial charge in [-0.1, -0.05) is 190 Å². The van der Waals surface area contributed by atoms with Crippen LogP contribution in [-0.4, -0.2) is 9.55 Å². The summed E-state index contributed by atoms with van der Waals surface area (Å²) < 4.78 is 2.50. The highest BCUT2D eigenvalue weighted by Crippen LogP contribution is 2.54. The minimum atomic E-state index is -0.0725. The zero-order valence-corrected chi connectivity index (χ0v) is 38.9. The van der Waals surface area contributed by atoms with Crippen LogP contribution in [0.5, 0.6) is 0 Å². The van der Waals surface area contributed by atoms with Crippen molar-refractivity contribution in [3.63, 3.8) is 0 Å². The number of aryl methyl sites for hydroxylation is 1. The maximum atomic E-state index is 5.16. The molecular formula is C66H54N2. The fourth-order valence-electron chi connectivity index (χ4n) is 11.8. The molecule has 3 aliphatic rings. The molecule has 2 nitrogen and oxygen atoms in total. The molecule has 0 radical (unpaired) electrons. The smallest absolute Gasteiger partial charge is 0.0630 e. The molecule has 0 bridgehead atoms. The van der Waals surface area contributed by atoms with Crippen molar-refractivity contribution in [3.8, 4) is 61.3 Å². The molecule has 1 atom stereocenters. The van der Waals surface area contributed by atoms with E-state index in [-0.39, 0.29) is 11.3 Å². The van der Waals surface area contributed by atoms with Gasteiger partial charge in [0.15, 0.2) is 0 Å². The van der Waals surface area contributed by atoms with Crippen LogP contribution in [0.3, 0.4) is 0 Å². The summed E-state index contributed by atoms with van der Waals surface area (Å²) in [5, 5.41) is 1.37. The van der Waals surface area contributed by atoms with E-state index in [9.17, 15) is 0 Å². The first-order valence-corrected chi connectivity index (χ1v) is 24.6. The molecule has 0 fully saturated rings. The summed E-state index contributed by atoms with van der Waals surface area (Å²) in [7, 11) is 0. The number of pyridine rings is 1. The maximum Gasteiger partial charge on any atom is 0.0630 e. The van der Waals surface area contributed by atoms with Crippen molar-refractivity contribution in [2.24, 2.45) is 0 Å². The monoisotopic (exact) mass is 874 g/mol. The first kappa shape index (κ1) is 41.6. The van der Waals surface area contributed by atoms with E-state index in [1.165, 1.54) is 100 Å². The van der Waals surface area contributed by atoms with E-state index in [2.05, 4.69) is 243 Å². The Labute approximate surface area is 401 Å². The summed E-state index contributed by atoms with van der Waals surface area (Å²) >= 11 is 0. The van der Waals surface area contributed by atoms with E-state index in [1.807, 2.05) is 0 Å². The molecule has 328 valence electrons. The second-order valence-corrected chi connectivity index (χ2v) is 18.7. The average Bonchev–Trinajstić information content (AvgIpc) is 3.90. The fraction of sp³-hybridized carbons (Fsp3) is 0.136. The Morgan fingerprint density at radius 1 is 0.588 bits per heavy atom. The summed E-state index contributed by atoms with van der Waals surface area (Å²) in [5.74, 6) is 0.236. The Morgan fingerprint density at radius 2 is 1.26 bits per heavy atom. The Kier molecular flexibility index (Phi) is 10.7. The molecule has 2 heterocycles. The predicted octanol–water partition coefficient (Wildman–Crippen LogP) is 17.5. The van der Waals surface area contributed by atoms with Gasteiger partial charge < -0.3 is 4.57 Å². The van der Waals surface area contributed by atoms with Crippen molar-refractivity contribution in [3.05, 3.63) is 246 Å². The van der Waals surface area contributed by atoms with Gasteiger partial charge in [0.2, 0.25) is 0 Å². The Hall–Kier alpha value is -7.81. The Bertz CT molecular complexity index is 3470. The van der Waals surface area contributed by atoms with Crippen molar-refractivity contribution < 1.29 is 0 Å². The van der Waals surface area contributed by atoms with Crippen LogP contribution in [0.25, 0.3) is 90.5 Å². The van der Waals surface area contributed by atoms with Crippen LogP contribution >= 0.6 is 0 Å². The largest absolute Gasteiger partial charge is 0.310 e. The van der Waals surface area contributed by atoms with Gasteiger partial charge in [0.1, 0.15) is 0 Å². The third-order valence-electron chi connectivity index (χ3n) is 15.2. The highest BCUT2D eigenvalue weighted by molar-refractivity contribution is 6.03. The molecule has 7 aromatic carbocycles. The molecule has 68 heavy (non-hydrogen) atoms. The minimum absolute atomic E-state index is 0.0725. The second-order valence-electron chi connectivity index (χ2n) is 18.7. The van der Waals surface area contributed by atoms with Crippen LogP contribution < -0.4 is 0 Å². The van der Waals surface area contributed by atoms with Crippen molar-refractivity contribution >= 4 is 29.1 Å². The summed E-state index contributed by atoms with van der Waals surface area (Å²) in [6.07, 6.45) is 25.4. The first-order valence-electron chi connectivity index (χ1n) is 24.6. The van der Waals surface area contributed by atoms with Gasteiger partial charge in [0, 0.05) is 39.9 Å². The number of allylic oxidation sites excluding steroid dienone is 5. The van der Waals surface area contributed by atoms with Crippen molar-refractivity contribution in [1.82, 2.24) is 9.55 Å². The van der Waals surface area contributed by atoms with Crippen molar-refractivity contribution in [2.75, 3.05) is 0 Å². The van der Waals surface area contributed by atoms with Gasteiger partial charge in [-0.2, -0.15) is 0 Å². The molecular weight excluding hydrogens is 821 g/mol. The van der Waals surface area contributed by atoms with Gasteiger partial charge in [-0.15, -0.1) is 0 Å². The highest BCUT2D eigenvalue weighted by atomic mass is 15.0. The van der Waals surface area contributed by atoms with E-state index < -0.39 is 0 Å². The maximum absolute atomic E-state index is 5.16. The van der Waals surface area contributed by atoms with E-state index in [0.717, 1.165) is 43.4 Å². The van der Waals surface area contributed by atoms with Gasteiger partial charge in [-0.3, -0.25) is 4.98 Å². The standard InChI is InChI=1S/C66H54N2/c1-3-66(4-2)59-41-45(34-39-53(59)54-40-38-52(42-60(54)66)68-61-31-19-17-29-55(61)56-30-18-20-32-62(56)68)33-36-51-37-35-50(44-67-51)58-43-57(46-21-9-5-10-22-46)63(47-23-11-6-12-24-47)65(49-27-15-8-16-28-49)64(58)48-25-13-7-14-26-48/h5-17,19-21,23-29,31-44,46H,3-4,18,22,30H2,1-2H3/b36-33+. The number of aromatic nitrogens is 2. The number of nitrogens with zero attached hydrogens (tertiary/aromatic N) is 2. The quantitative estimate of drug-likeness (QED) is 0.134. The number of fused-ring (bicyclic) bond motifs is 6. The van der Waals surface area contributed by atoms with Crippen LogP contribution in [0.2, 0.25) is 0 Å². The zero-order valence-electron chi connectivity index (χ0n) is 38.9. The van der Waals surface area contributed by atoms with E-state index in [4.69, 9.17) is 4.98 Å². The molecule has 0 aliphatic heterocycles. The first-order chi connectivity index (χ1) is 33.6. The third kappa shape index (κ3) is 6.97. The molecule has 3 aliphatic carbocycles. The van der Waals surface area contributed by atoms with Crippen molar-refractivity contribution in [2.45, 2.75) is 57.3 Å². The molecule has 0 amide bonds. The molecule has 2 aromatic heterocycles. The normalized spacial score (nSPS) is 15.5. The number of rotatable bonds is 10. The van der Waals surface area contributed by atoms with Crippen LogP contribution in [0.1, 0.15) is 84.7 Å². The lowest BCUT2D eigenvalue weighted by Crippen LogP contribution is -2.23. The van der Waals surface area contributed by atoms with Crippen LogP contribution in [-0.2, 0) is 11.8 Å². The van der Waals surface area contributed by atoms with Crippen LogP contribution in [0, 0.1) is 0 Å². The van der Waals surface area contributed by atoms with Gasteiger partial charge in [0.25, 0.3) is 0 Å². The summed E-state index contributed by atoms with van der Waals surface area (Å²) in [5.41, 5.74) is 24.0. The number of hydrogen-bond acceptors (Lipinski definition) is 1. The van der Waals surface area contributed by atoms with Crippen LogP contribution in [0.15, 0.2) is 206 Å². The lowest BCUT2D eigenvalue weighted by molar-refractivity contribution is 0.490. The van der Waals surface area contributed by atoms with E-state index in [0.29, 0.717) is 0 Å². The average molecular weight is 875 g/mol. The summed E-state index contributed by atoms with van der Waals surface area (Å²) in [6.45, 7) is 4.73. The molecule has 0 saturated carbocycles. The molecule has 0 N–H and O–H groups in total. The van der Waals surface area contributed by atoms with E-state index >= 15 is 0 Å². The SMILES string of the molecule is CCC1(CC)c2cc(/C=C/c3ccc(-c4cc(C5C=CC=CC5)c(-c5ccccc5)c(-c5ccccc5)c4-c4ccccc4)cn3)ccc2-c2ccc(-n3c4c(c5ccccc53)CCC=C4)cc21. The molecule has 2 heteroatoms. The topological polar surface area (TPSA) is 17.8 Å². The van der Waals surface area contributed by atoms with Crippen molar-refractivity contribution in [1.29, 1.82) is 0 Å². The van der Waals surface area contributed by atoms with Gasteiger partial charge in [0.05, 0.1) is 11.2 Å². The summed E-state index contributed by atoms with van der Waals surface area (Å²) in [4.78, 5) is 5.16. The number of benzene rings is 7.